The van der Waals surface area contributed by atoms with Gasteiger partial charge in [-0.2, -0.15) is 5.10 Å². The third-order valence-electron chi connectivity index (χ3n) is 4.82. The Kier molecular flexibility index (Phi) is 6.37. The number of amides is 1. The maximum Gasteiger partial charge on any atom is 0.256 e. The monoisotopic (exact) mass is 467 g/mol. The lowest BCUT2D eigenvalue weighted by Gasteiger charge is -2.13. The molecule has 0 bridgehead atoms. The summed E-state index contributed by atoms with van der Waals surface area (Å²) in [5.41, 5.74) is 4.42. The lowest BCUT2D eigenvalue weighted by molar-refractivity contribution is 0.102. The lowest BCUT2D eigenvalue weighted by Crippen LogP contribution is -2.13. The summed E-state index contributed by atoms with van der Waals surface area (Å²) in [6.45, 7) is 0. The van der Waals surface area contributed by atoms with Crippen molar-refractivity contribution in [1.29, 1.82) is 0 Å². The first-order valence-electron chi connectivity index (χ1n) is 9.49. The van der Waals surface area contributed by atoms with E-state index in [2.05, 4.69) is 10.4 Å². The molecule has 7 heteroatoms. The predicted molar refractivity (Wildman–Crippen MR) is 130 cm³/mol. The van der Waals surface area contributed by atoms with Gasteiger partial charge in [0.2, 0.25) is 0 Å². The summed E-state index contributed by atoms with van der Waals surface area (Å²) in [4.78, 5) is 14.3. The molecule has 31 heavy (non-hydrogen) atoms. The van der Waals surface area contributed by atoms with Crippen molar-refractivity contribution in [3.63, 3.8) is 0 Å². The Bertz CT molecular complexity index is 1270. The Hall–Kier alpha value is -2.73. The Labute approximate surface area is 195 Å². The molecule has 0 unspecified atom stereocenters. The largest absolute Gasteiger partial charge is 0.322 e. The van der Waals surface area contributed by atoms with Gasteiger partial charge in [0.1, 0.15) is 0 Å². The van der Waals surface area contributed by atoms with Gasteiger partial charge in [-0.3, -0.25) is 9.48 Å². The Morgan fingerprint density at radius 1 is 1.00 bits per heavy atom. The molecular formula is C24H19Cl2N3OS. The number of halogens is 2. The van der Waals surface area contributed by atoms with Crippen LogP contribution in [0, 0.1) is 0 Å². The highest BCUT2D eigenvalue weighted by atomic mass is 35.5. The minimum absolute atomic E-state index is 0.211. The smallest absolute Gasteiger partial charge is 0.256 e. The molecule has 4 aromatic rings. The number of nitrogens with zero attached hydrogens (tertiary/aromatic N) is 2. The average Bonchev–Trinajstić information content (AvgIpc) is 3.20. The number of hydrogen-bond donors (Lipinski definition) is 1. The van der Waals surface area contributed by atoms with Gasteiger partial charge in [0.15, 0.2) is 0 Å². The number of aromatic nitrogens is 2. The Balaban J connectivity index is 1.69. The molecule has 0 saturated carbocycles. The average molecular weight is 468 g/mol. The second-order valence-corrected chi connectivity index (χ2v) is 8.67. The van der Waals surface area contributed by atoms with Crippen LogP contribution in [0.2, 0.25) is 10.0 Å². The van der Waals surface area contributed by atoms with Crippen molar-refractivity contribution in [2.45, 2.75) is 4.90 Å². The standard InChI is InChI=1S/C24H19Cl2N3OS/c1-29-11-10-23(28-29)21-13-17(6-9-22(21)26)27-24(30)19-8-7-18(31-2)14-20(19)15-4-3-5-16(25)12-15/h3-14H,1-2H3,(H,27,30). The summed E-state index contributed by atoms with van der Waals surface area (Å²) in [6.07, 6.45) is 3.85. The number of carbonyl (C=O) groups excluding carboxylic acids is 1. The molecule has 1 aromatic heterocycles. The van der Waals surface area contributed by atoms with Crippen LogP contribution in [0.5, 0.6) is 0 Å². The number of hydrogen-bond acceptors (Lipinski definition) is 3. The molecule has 1 amide bonds. The van der Waals surface area contributed by atoms with E-state index in [4.69, 9.17) is 23.2 Å². The topological polar surface area (TPSA) is 46.9 Å². The molecular weight excluding hydrogens is 449 g/mol. The molecule has 3 aromatic carbocycles. The van der Waals surface area contributed by atoms with E-state index in [0.717, 1.165) is 27.3 Å². The highest BCUT2D eigenvalue weighted by Crippen LogP contribution is 2.32. The summed E-state index contributed by atoms with van der Waals surface area (Å²) in [6, 6.07) is 20.5. The summed E-state index contributed by atoms with van der Waals surface area (Å²) < 4.78 is 1.71. The molecule has 4 nitrogen and oxygen atoms in total. The molecule has 156 valence electrons. The van der Waals surface area contributed by atoms with Gasteiger partial charge >= 0.3 is 0 Å². The maximum atomic E-state index is 13.2. The summed E-state index contributed by atoms with van der Waals surface area (Å²) in [7, 11) is 1.85. The predicted octanol–water partition coefficient (Wildman–Crippen LogP) is 7.04. The number of aryl methyl sites for hydroxylation is 1. The first-order chi connectivity index (χ1) is 14.9. The van der Waals surface area contributed by atoms with E-state index in [9.17, 15) is 4.79 Å². The Morgan fingerprint density at radius 3 is 2.55 bits per heavy atom. The maximum absolute atomic E-state index is 13.2. The van der Waals surface area contributed by atoms with E-state index in [1.807, 2.05) is 74.1 Å². The zero-order chi connectivity index (χ0) is 22.0. The molecule has 1 heterocycles. The minimum Gasteiger partial charge on any atom is -0.322 e. The van der Waals surface area contributed by atoms with Gasteiger partial charge in [-0.15, -0.1) is 11.8 Å². The van der Waals surface area contributed by atoms with Gasteiger partial charge in [0, 0.05) is 40.0 Å². The molecule has 0 aliphatic rings. The number of anilines is 1. The van der Waals surface area contributed by atoms with E-state index >= 15 is 0 Å². The van der Waals surface area contributed by atoms with E-state index in [1.165, 1.54) is 0 Å². The van der Waals surface area contributed by atoms with Crippen LogP contribution in [0.3, 0.4) is 0 Å². The fraction of sp³-hybridized carbons (Fsp3) is 0.0833. The van der Waals surface area contributed by atoms with Crippen LogP contribution < -0.4 is 5.32 Å². The van der Waals surface area contributed by atoms with E-state index in [-0.39, 0.29) is 5.91 Å². The number of rotatable bonds is 5. The van der Waals surface area contributed by atoms with Crippen LogP contribution in [0.4, 0.5) is 5.69 Å². The second-order valence-electron chi connectivity index (χ2n) is 6.95. The SMILES string of the molecule is CSc1ccc(C(=O)Nc2ccc(Cl)c(-c3ccn(C)n3)c2)c(-c2cccc(Cl)c2)c1. The van der Waals surface area contributed by atoms with Gasteiger partial charge in [-0.1, -0.05) is 35.3 Å². The highest BCUT2D eigenvalue weighted by Gasteiger charge is 2.16. The lowest BCUT2D eigenvalue weighted by atomic mass is 9.99. The molecule has 0 aliphatic heterocycles. The van der Waals surface area contributed by atoms with Crippen LogP contribution in [-0.4, -0.2) is 21.9 Å². The van der Waals surface area contributed by atoms with Crippen molar-refractivity contribution in [3.8, 4) is 22.4 Å². The van der Waals surface area contributed by atoms with Gasteiger partial charge in [0.25, 0.3) is 5.91 Å². The van der Waals surface area contributed by atoms with Gasteiger partial charge in [-0.25, -0.2) is 0 Å². The first-order valence-corrected chi connectivity index (χ1v) is 11.5. The van der Waals surface area contributed by atoms with Gasteiger partial charge < -0.3 is 5.32 Å². The molecule has 0 aliphatic carbocycles. The first kappa shape index (κ1) is 21.5. The van der Waals surface area contributed by atoms with Crippen LogP contribution in [0.1, 0.15) is 10.4 Å². The molecule has 4 rings (SSSR count). The molecule has 0 spiro atoms. The van der Waals surface area contributed by atoms with Gasteiger partial charge in [0.05, 0.1) is 10.7 Å². The molecule has 0 atom stereocenters. The third kappa shape index (κ3) is 4.79. The number of carbonyl (C=O) groups is 1. The van der Waals surface area contributed by atoms with Crippen molar-refractivity contribution in [1.82, 2.24) is 9.78 Å². The summed E-state index contributed by atoms with van der Waals surface area (Å²) in [5, 5.41) is 8.59. The number of nitrogens with one attached hydrogen (secondary N) is 1. The number of benzene rings is 3. The summed E-state index contributed by atoms with van der Waals surface area (Å²) in [5.74, 6) is -0.211. The fourth-order valence-electron chi connectivity index (χ4n) is 3.30. The molecule has 1 N–H and O–H groups in total. The molecule has 0 saturated heterocycles. The van der Waals surface area contributed by atoms with Crippen LogP contribution in [-0.2, 0) is 7.05 Å². The highest BCUT2D eigenvalue weighted by molar-refractivity contribution is 7.98. The molecule has 0 fully saturated rings. The Morgan fingerprint density at radius 2 is 1.84 bits per heavy atom. The summed E-state index contributed by atoms with van der Waals surface area (Å²) >= 11 is 14.2. The van der Waals surface area contributed by atoms with Crippen LogP contribution in [0.15, 0.2) is 77.8 Å². The van der Waals surface area contributed by atoms with Crippen molar-refractivity contribution in [3.05, 3.63) is 88.5 Å². The minimum atomic E-state index is -0.211. The molecule has 0 radical (unpaired) electrons. The van der Waals surface area contributed by atoms with Crippen molar-refractivity contribution < 1.29 is 4.79 Å². The number of thioether (sulfide) groups is 1. The van der Waals surface area contributed by atoms with Crippen molar-refractivity contribution >= 4 is 46.6 Å². The normalized spacial score (nSPS) is 10.8. The fourth-order valence-corrected chi connectivity index (χ4v) is 4.14. The van der Waals surface area contributed by atoms with Gasteiger partial charge in [-0.05, 0) is 72.0 Å². The van der Waals surface area contributed by atoms with Crippen LogP contribution in [0.25, 0.3) is 22.4 Å². The van der Waals surface area contributed by atoms with Crippen molar-refractivity contribution in [2.75, 3.05) is 11.6 Å². The van der Waals surface area contributed by atoms with E-state index in [0.29, 0.717) is 21.3 Å². The zero-order valence-corrected chi connectivity index (χ0v) is 19.2. The zero-order valence-electron chi connectivity index (χ0n) is 16.9. The van der Waals surface area contributed by atoms with Crippen LogP contribution >= 0.6 is 35.0 Å². The van der Waals surface area contributed by atoms with E-state index < -0.39 is 0 Å². The quantitative estimate of drug-likeness (QED) is 0.320. The second kappa shape index (κ2) is 9.18. The third-order valence-corrected chi connectivity index (χ3v) is 6.11. The van der Waals surface area contributed by atoms with Crippen molar-refractivity contribution in [2.24, 2.45) is 7.05 Å². The van der Waals surface area contributed by atoms with E-state index in [1.54, 1.807) is 28.6 Å².